The molecule has 0 rings (SSSR count). The van der Waals surface area contributed by atoms with Gasteiger partial charge in [-0.15, -0.1) is 0 Å². The first kappa shape index (κ1) is 55.4. The molecule has 0 aromatic carbocycles. The van der Waals surface area contributed by atoms with E-state index in [4.69, 9.17) is 33.3 Å². The Labute approximate surface area is 254 Å². The minimum Gasteiger partial charge on any atom is -0.414 e. The van der Waals surface area contributed by atoms with Crippen molar-refractivity contribution >= 4 is 16.6 Å². The monoisotopic (exact) mass is 618 g/mol. The number of rotatable bonds is 19. The Kier molecular flexibility index (Phi) is 37.9. The molecule has 0 saturated carbocycles. The second kappa shape index (κ2) is 27.3. The van der Waals surface area contributed by atoms with Crippen molar-refractivity contribution in [1.29, 1.82) is 0 Å². The van der Waals surface area contributed by atoms with E-state index in [1.165, 1.54) is 0 Å². The van der Waals surface area contributed by atoms with E-state index < -0.39 is 16.6 Å². The summed E-state index contributed by atoms with van der Waals surface area (Å²) in [5.41, 5.74) is 8.29. The summed E-state index contributed by atoms with van der Waals surface area (Å²) in [5.74, 6) is 0. The predicted octanol–water partition coefficient (Wildman–Crippen LogP) is 9.59. The molecule has 0 aliphatic carbocycles. The van der Waals surface area contributed by atoms with E-state index in [0.717, 1.165) is 0 Å². The van der Waals surface area contributed by atoms with Gasteiger partial charge in [-0.3, -0.25) is 0 Å². The second-order valence-corrected chi connectivity index (χ2v) is 21.0. The van der Waals surface area contributed by atoms with Gasteiger partial charge in [0.25, 0.3) is 0 Å². The molecule has 0 aromatic heterocycles. The van der Waals surface area contributed by atoms with Crippen LogP contribution in [0.2, 0.25) is 36.3 Å². The van der Waals surface area contributed by atoms with Crippen LogP contribution < -0.4 is 0 Å². The van der Waals surface area contributed by atoms with Crippen LogP contribution in [0.1, 0.15) is 86.1 Å². The van der Waals surface area contributed by atoms with E-state index in [2.05, 4.69) is 77.8 Å². The first-order valence-electron chi connectivity index (χ1n) is 12.3. The third kappa shape index (κ3) is 25.2. The molecule has 0 atom stereocenters. The molecule has 11 heteroatoms. The zero-order chi connectivity index (χ0) is 26.3. The van der Waals surface area contributed by atoms with Gasteiger partial charge < -0.3 is 27.8 Å². The highest BCUT2D eigenvalue weighted by atomic mass is 28.4. The summed E-state index contributed by atoms with van der Waals surface area (Å²) in [5, 5.41) is 3.80. The van der Waals surface area contributed by atoms with Crippen molar-refractivity contribution in [2.24, 2.45) is 5.11 Å². The van der Waals surface area contributed by atoms with Crippen LogP contribution in [0.3, 0.4) is 0 Å². The van der Waals surface area contributed by atoms with Crippen molar-refractivity contribution in [2.75, 3.05) is 66.0 Å². The highest BCUT2D eigenvalue weighted by Crippen LogP contribution is 2.37. The van der Waals surface area contributed by atoms with Gasteiger partial charge in [0.05, 0.1) is 59.5 Å². The molecule has 0 bridgehead atoms. The summed E-state index contributed by atoms with van der Waals surface area (Å²) in [6, 6.07) is 0. The molecule has 0 heterocycles. The number of hydrogen-bond donors (Lipinski definition) is 0. The van der Waals surface area contributed by atoms with Crippen LogP contribution in [0.5, 0.6) is 0 Å². The van der Waals surface area contributed by atoms with Crippen LogP contribution in [0.4, 0.5) is 0 Å². The average Bonchev–Trinajstić information content (AvgIpc) is 2.70. The SMILES string of the molecule is C.C.C.C.C.C.CC(C)(C)[Si](C)(C)OCCOCC(COCCO[Si](C)(C)C(C)(C)C)OCCOCCN=[N+]=[N-]. The van der Waals surface area contributed by atoms with E-state index in [1.54, 1.807) is 0 Å². The topological polar surface area (TPSA) is 104 Å². The summed E-state index contributed by atoms with van der Waals surface area (Å²) in [6.45, 7) is 26.9. The highest BCUT2D eigenvalue weighted by Gasteiger charge is 2.37. The van der Waals surface area contributed by atoms with E-state index in [1.807, 2.05) is 0 Å². The molecule has 0 spiro atoms. The lowest BCUT2D eigenvalue weighted by Crippen LogP contribution is -2.42. The summed E-state index contributed by atoms with van der Waals surface area (Å²) >= 11 is 0. The number of hydrogen-bond acceptors (Lipinski definition) is 7. The van der Waals surface area contributed by atoms with Crippen LogP contribution in [0.25, 0.3) is 10.4 Å². The van der Waals surface area contributed by atoms with Crippen LogP contribution in [-0.4, -0.2) is 88.7 Å². The maximum absolute atomic E-state index is 8.29. The fourth-order valence-corrected chi connectivity index (χ4v) is 4.30. The predicted molar refractivity (Wildman–Crippen MR) is 183 cm³/mol. The molecular formula is C29H75N3O6Si2. The van der Waals surface area contributed by atoms with Crippen LogP contribution >= 0.6 is 0 Å². The van der Waals surface area contributed by atoms with E-state index in [-0.39, 0.29) is 60.7 Å². The van der Waals surface area contributed by atoms with Crippen LogP contribution in [0, 0.1) is 0 Å². The van der Waals surface area contributed by atoms with Gasteiger partial charge in [0.15, 0.2) is 16.6 Å². The summed E-state index contributed by atoms with van der Waals surface area (Å²) in [6.07, 6.45) is -0.207. The van der Waals surface area contributed by atoms with Gasteiger partial charge in [0.2, 0.25) is 0 Å². The van der Waals surface area contributed by atoms with Crippen LogP contribution in [0.15, 0.2) is 5.11 Å². The lowest BCUT2D eigenvalue weighted by molar-refractivity contribution is -0.0775. The molecule has 0 amide bonds. The Balaban J connectivity index is -0.000000363. The average molecular weight is 618 g/mol. The quantitative estimate of drug-likeness (QED) is 0.0470. The standard InChI is InChI=1S/C23H51N3O6Si2.6CH4/c1-22(2,3)33(7,8)31-17-14-28-19-21(30-16-13-27-12-11-25-26-24)20-29-15-18-32-34(9,10)23(4,5)6;;;;;;/h21H,11-20H2,1-10H3;6*1H4. The fourth-order valence-electron chi connectivity index (χ4n) is 2.24. The minimum absolute atomic E-state index is 0. The lowest BCUT2D eigenvalue weighted by atomic mass is 10.2. The third-order valence-electron chi connectivity index (χ3n) is 6.58. The van der Waals surface area contributed by atoms with Crippen molar-refractivity contribution in [3.63, 3.8) is 0 Å². The molecule has 0 aliphatic rings. The van der Waals surface area contributed by atoms with Crippen molar-refractivity contribution < 1.29 is 27.8 Å². The minimum atomic E-state index is -1.77. The van der Waals surface area contributed by atoms with Gasteiger partial charge in [-0.25, -0.2) is 0 Å². The van der Waals surface area contributed by atoms with Gasteiger partial charge in [-0.2, -0.15) is 0 Å². The molecule has 40 heavy (non-hydrogen) atoms. The molecule has 9 nitrogen and oxygen atoms in total. The Bertz CT molecular complexity index is 555. The van der Waals surface area contributed by atoms with Gasteiger partial charge in [0, 0.05) is 11.5 Å². The van der Waals surface area contributed by atoms with Gasteiger partial charge in [-0.1, -0.05) is 91.2 Å². The molecule has 0 saturated heterocycles. The maximum Gasteiger partial charge on any atom is 0.192 e. The van der Waals surface area contributed by atoms with Gasteiger partial charge >= 0.3 is 0 Å². The Morgan fingerprint density at radius 3 is 1.32 bits per heavy atom. The fraction of sp³-hybridized carbons (Fsp3) is 1.00. The summed E-state index contributed by atoms with van der Waals surface area (Å²) < 4.78 is 35.3. The number of azide groups is 1. The second-order valence-electron chi connectivity index (χ2n) is 11.4. The molecule has 250 valence electrons. The molecule has 0 N–H and O–H groups in total. The Morgan fingerprint density at radius 2 is 0.975 bits per heavy atom. The molecule has 0 fully saturated rings. The first-order valence-corrected chi connectivity index (χ1v) is 18.1. The van der Waals surface area contributed by atoms with Crippen LogP contribution in [-0.2, 0) is 27.8 Å². The molecular weight excluding hydrogens is 543 g/mol. The largest absolute Gasteiger partial charge is 0.414 e. The zero-order valence-corrected chi connectivity index (χ0v) is 25.4. The zero-order valence-electron chi connectivity index (χ0n) is 23.4. The van der Waals surface area contributed by atoms with E-state index in [0.29, 0.717) is 66.0 Å². The molecule has 0 unspecified atom stereocenters. The van der Waals surface area contributed by atoms with Crippen molar-refractivity contribution in [1.82, 2.24) is 0 Å². The van der Waals surface area contributed by atoms with Gasteiger partial charge in [0.1, 0.15) is 6.10 Å². The number of nitrogens with zero attached hydrogens (tertiary/aromatic N) is 3. The first-order chi connectivity index (χ1) is 15.6. The summed E-state index contributed by atoms with van der Waals surface area (Å²) in [7, 11) is -3.55. The Morgan fingerprint density at radius 1 is 0.600 bits per heavy atom. The maximum atomic E-state index is 8.29. The van der Waals surface area contributed by atoms with E-state index in [9.17, 15) is 0 Å². The van der Waals surface area contributed by atoms with E-state index >= 15 is 0 Å². The Hall–Kier alpha value is -0.496. The molecule has 0 radical (unpaired) electrons. The van der Waals surface area contributed by atoms with Crippen molar-refractivity contribution in [3.05, 3.63) is 10.4 Å². The smallest absolute Gasteiger partial charge is 0.192 e. The summed E-state index contributed by atoms with van der Waals surface area (Å²) in [4.78, 5) is 2.70. The van der Waals surface area contributed by atoms with Crippen molar-refractivity contribution in [2.45, 2.75) is 128 Å². The van der Waals surface area contributed by atoms with Crippen molar-refractivity contribution in [3.8, 4) is 0 Å². The normalized spacial score (nSPS) is 11.4. The number of ether oxygens (including phenoxy) is 4. The molecule has 0 aliphatic heterocycles. The highest BCUT2D eigenvalue weighted by molar-refractivity contribution is 6.74. The molecule has 0 aromatic rings. The third-order valence-corrected chi connectivity index (χ3v) is 15.7. The van der Waals surface area contributed by atoms with Gasteiger partial charge in [-0.05, 0) is 41.8 Å². The lowest BCUT2D eigenvalue weighted by Gasteiger charge is -2.36.